The smallest absolute Gasteiger partial charge is 0.255 e. The molecule has 0 aliphatic rings. The summed E-state index contributed by atoms with van der Waals surface area (Å²) in [5.74, 6) is 0.0496. The fourth-order valence-corrected chi connectivity index (χ4v) is 2.05. The third-order valence-electron chi connectivity index (χ3n) is 3.14. The van der Waals surface area contributed by atoms with Crippen LogP contribution in [-0.2, 0) is 6.54 Å². The van der Waals surface area contributed by atoms with Crippen molar-refractivity contribution in [3.05, 3.63) is 59.4 Å². The third kappa shape index (κ3) is 3.51. The van der Waals surface area contributed by atoms with E-state index in [1.165, 1.54) is 24.1 Å². The van der Waals surface area contributed by atoms with Crippen molar-refractivity contribution in [2.24, 2.45) is 0 Å². The molecule has 0 atom stereocenters. The summed E-state index contributed by atoms with van der Waals surface area (Å²) in [7, 11) is 3.18. The summed E-state index contributed by atoms with van der Waals surface area (Å²) in [4.78, 5) is 13.9. The number of nitrogens with two attached hydrogens (primary N) is 1. The summed E-state index contributed by atoms with van der Waals surface area (Å²) in [6, 6.07) is 11.1. The molecule has 2 N–H and O–H groups in total. The molecule has 0 fully saturated rings. The minimum atomic E-state index is -0.322. The molecule has 0 aliphatic carbocycles. The van der Waals surface area contributed by atoms with Gasteiger partial charge in [0.2, 0.25) is 0 Å². The van der Waals surface area contributed by atoms with Crippen LogP contribution in [0.25, 0.3) is 0 Å². The lowest BCUT2D eigenvalue weighted by atomic mass is 10.1. The molecule has 0 bridgehead atoms. The molecule has 0 saturated carbocycles. The van der Waals surface area contributed by atoms with E-state index in [1.807, 2.05) is 0 Å². The summed E-state index contributed by atoms with van der Waals surface area (Å²) in [6.45, 7) is 0.308. The zero-order chi connectivity index (χ0) is 15.4. The van der Waals surface area contributed by atoms with Crippen molar-refractivity contribution in [1.29, 1.82) is 0 Å². The van der Waals surface area contributed by atoms with Crippen LogP contribution in [0.2, 0.25) is 0 Å². The lowest BCUT2D eigenvalue weighted by Gasteiger charge is -2.18. The SMILES string of the molecule is COc1ccc(C(=O)N(C)Cc2cccc(F)c2)c(N)c1. The highest BCUT2D eigenvalue weighted by Gasteiger charge is 2.15. The predicted octanol–water partition coefficient (Wildman–Crippen LogP) is 2.69. The molecule has 0 spiro atoms. The van der Waals surface area contributed by atoms with Crippen molar-refractivity contribution in [2.45, 2.75) is 6.54 Å². The van der Waals surface area contributed by atoms with Crippen LogP contribution in [0.1, 0.15) is 15.9 Å². The van der Waals surface area contributed by atoms with Gasteiger partial charge in [-0.2, -0.15) is 0 Å². The Labute approximate surface area is 122 Å². The molecule has 1 amide bonds. The first kappa shape index (κ1) is 14.8. The normalized spacial score (nSPS) is 10.2. The molecule has 2 rings (SSSR count). The molecule has 4 nitrogen and oxygen atoms in total. The molecule has 0 unspecified atom stereocenters. The molecular weight excluding hydrogens is 271 g/mol. The molecular formula is C16H17FN2O2. The molecule has 0 aromatic heterocycles. The third-order valence-corrected chi connectivity index (χ3v) is 3.14. The van der Waals surface area contributed by atoms with Gasteiger partial charge in [-0.25, -0.2) is 4.39 Å². The van der Waals surface area contributed by atoms with Gasteiger partial charge in [0.1, 0.15) is 11.6 Å². The van der Waals surface area contributed by atoms with Gasteiger partial charge in [0.05, 0.1) is 12.7 Å². The Morgan fingerprint density at radius 1 is 1.29 bits per heavy atom. The minimum Gasteiger partial charge on any atom is -0.497 e. The number of methoxy groups -OCH3 is 1. The van der Waals surface area contributed by atoms with E-state index >= 15 is 0 Å². The van der Waals surface area contributed by atoms with Gasteiger partial charge in [0.25, 0.3) is 5.91 Å². The van der Waals surface area contributed by atoms with Crippen molar-refractivity contribution in [3.8, 4) is 5.75 Å². The molecule has 0 heterocycles. The van der Waals surface area contributed by atoms with Gasteiger partial charge in [-0.05, 0) is 29.8 Å². The van der Waals surface area contributed by atoms with E-state index in [0.717, 1.165) is 5.56 Å². The fourth-order valence-electron chi connectivity index (χ4n) is 2.05. The Hall–Kier alpha value is -2.56. The topological polar surface area (TPSA) is 55.6 Å². The lowest BCUT2D eigenvalue weighted by Crippen LogP contribution is -2.27. The number of carbonyl (C=O) groups is 1. The van der Waals surface area contributed by atoms with Crippen LogP contribution in [0.4, 0.5) is 10.1 Å². The van der Waals surface area contributed by atoms with E-state index in [9.17, 15) is 9.18 Å². The molecule has 2 aromatic carbocycles. The number of rotatable bonds is 4. The second kappa shape index (κ2) is 6.26. The number of hydrogen-bond acceptors (Lipinski definition) is 3. The maximum atomic E-state index is 13.2. The number of halogens is 1. The monoisotopic (exact) mass is 288 g/mol. The second-order valence-electron chi connectivity index (χ2n) is 4.74. The second-order valence-corrected chi connectivity index (χ2v) is 4.74. The molecule has 2 aromatic rings. The quantitative estimate of drug-likeness (QED) is 0.880. The van der Waals surface area contributed by atoms with Gasteiger partial charge in [0, 0.05) is 25.3 Å². The summed E-state index contributed by atoms with van der Waals surface area (Å²) in [6.07, 6.45) is 0. The number of ether oxygens (including phenoxy) is 1. The Morgan fingerprint density at radius 2 is 2.05 bits per heavy atom. The lowest BCUT2D eigenvalue weighted by molar-refractivity contribution is 0.0786. The highest BCUT2D eigenvalue weighted by molar-refractivity contribution is 5.99. The summed E-state index contributed by atoms with van der Waals surface area (Å²) >= 11 is 0. The van der Waals surface area contributed by atoms with Crippen LogP contribution in [0.5, 0.6) is 5.75 Å². The molecule has 0 saturated heterocycles. The highest BCUT2D eigenvalue weighted by atomic mass is 19.1. The highest BCUT2D eigenvalue weighted by Crippen LogP contribution is 2.21. The molecule has 5 heteroatoms. The Kier molecular flexibility index (Phi) is 4.42. The van der Waals surface area contributed by atoms with E-state index in [4.69, 9.17) is 10.5 Å². The first-order valence-electron chi connectivity index (χ1n) is 6.44. The van der Waals surface area contributed by atoms with Gasteiger partial charge in [0.15, 0.2) is 0 Å². The number of hydrogen-bond donors (Lipinski definition) is 1. The average Bonchev–Trinajstić information content (AvgIpc) is 2.46. The van der Waals surface area contributed by atoms with Gasteiger partial charge in [-0.3, -0.25) is 4.79 Å². The van der Waals surface area contributed by atoms with Crippen LogP contribution in [0.3, 0.4) is 0 Å². The first-order chi connectivity index (χ1) is 10.0. The fraction of sp³-hybridized carbons (Fsp3) is 0.188. The van der Waals surface area contributed by atoms with E-state index in [-0.39, 0.29) is 11.7 Å². The zero-order valence-electron chi connectivity index (χ0n) is 12.0. The standard InChI is InChI=1S/C16H17FN2O2/c1-19(10-11-4-3-5-12(17)8-11)16(20)14-7-6-13(21-2)9-15(14)18/h3-9H,10,18H2,1-2H3. The Morgan fingerprint density at radius 3 is 2.67 bits per heavy atom. The zero-order valence-corrected chi connectivity index (χ0v) is 12.0. The van der Waals surface area contributed by atoms with Crippen molar-refractivity contribution in [3.63, 3.8) is 0 Å². The number of nitrogen functional groups attached to an aromatic ring is 1. The van der Waals surface area contributed by atoms with E-state index in [1.54, 1.807) is 37.4 Å². The van der Waals surface area contributed by atoms with Crippen molar-refractivity contribution in [2.75, 3.05) is 19.9 Å². The molecule has 21 heavy (non-hydrogen) atoms. The van der Waals surface area contributed by atoms with Crippen LogP contribution in [0, 0.1) is 5.82 Å². The van der Waals surface area contributed by atoms with Crippen LogP contribution in [-0.4, -0.2) is 25.0 Å². The van der Waals surface area contributed by atoms with Crippen LogP contribution >= 0.6 is 0 Å². The van der Waals surface area contributed by atoms with E-state index in [0.29, 0.717) is 23.5 Å². The Bertz CT molecular complexity index is 658. The summed E-state index contributed by atoms with van der Waals surface area (Å²) in [5.41, 5.74) is 7.34. The maximum Gasteiger partial charge on any atom is 0.255 e. The largest absolute Gasteiger partial charge is 0.497 e. The van der Waals surface area contributed by atoms with Gasteiger partial charge in [-0.1, -0.05) is 12.1 Å². The van der Waals surface area contributed by atoms with E-state index < -0.39 is 0 Å². The molecule has 0 radical (unpaired) electrons. The van der Waals surface area contributed by atoms with Crippen LogP contribution < -0.4 is 10.5 Å². The van der Waals surface area contributed by atoms with Crippen LogP contribution in [0.15, 0.2) is 42.5 Å². The minimum absolute atomic E-state index is 0.223. The van der Waals surface area contributed by atoms with Gasteiger partial charge >= 0.3 is 0 Å². The Balaban J connectivity index is 2.15. The summed E-state index contributed by atoms with van der Waals surface area (Å²) < 4.78 is 18.2. The number of amides is 1. The number of nitrogens with zero attached hydrogens (tertiary/aromatic N) is 1. The number of carbonyl (C=O) groups excluding carboxylic acids is 1. The first-order valence-corrected chi connectivity index (χ1v) is 6.44. The maximum absolute atomic E-state index is 13.2. The average molecular weight is 288 g/mol. The van der Waals surface area contributed by atoms with Crippen molar-refractivity contribution in [1.82, 2.24) is 4.90 Å². The summed E-state index contributed by atoms with van der Waals surface area (Å²) in [5, 5.41) is 0. The van der Waals surface area contributed by atoms with Gasteiger partial charge in [-0.15, -0.1) is 0 Å². The van der Waals surface area contributed by atoms with Gasteiger partial charge < -0.3 is 15.4 Å². The molecule has 110 valence electrons. The van der Waals surface area contributed by atoms with E-state index in [2.05, 4.69) is 0 Å². The predicted molar refractivity (Wildman–Crippen MR) is 79.6 cm³/mol. The molecule has 0 aliphatic heterocycles. The number of anilines is 1. The number of benzene rings is 2. The van der Waals surface area contributed by atoms with Crippen molar-refractivity contribution < 1.29 is 13.9 Å². The van der Waals surface area contributed by atoms with Crippen molar-refractivity contribution >= 4 is 11.6 Å².